The van der Waals surface area contributed by atoms with Gasteiger partial charge in [0.05, 0.1) is 11.3 Å². The van der Waals surface area contributed by atoms with Gasteiger partial charge in [0.1, 0.15) is 12.4 Å². The van der Waals surface area contributed by atoms with E-state index >= 15 is 0 Å². The highest BCUT2D eigenvalue weighted by Gasteiger charge is 2.33. The molecule has 0 heterocycles. The number of allylic oxidation sites excluding steroid dienone is 2. The zero-order chi connectivity index (χ0) is 21.7. The van der Waals surface area contributed by atoms with Crippen molar-refractivity contribution in [3.63, 3.8) is 0 Å². The number of hydrogen-bond acceptors (Lipinski definition) is 5. The predicted octanol–water partition coefficient (Wildman–Crippen LogP) is 5.66. The highest BCUT2D eigenvalue weighted by atomic mass is 16.6. The Hall–Kier alpha value is -2.43. The predicted molar refractivity (Wildman–Crippen MR) is 116 cm³/mol. The highest BCUT2D eigenvalue weighted by Crippen LogP contribution is 2.39. The number of aliphatic hydroxyl groups excluding tert-OH is 1. The summed E-state index contributed by atoms with van der Waals surface area (Å²) in [6, 6.07) is 2.03. The van der Waals surface area contributed by atoms with Gasteiger partial charge in [0.25, 0.3) is 0 Å². The van der Waals surface area contributed by atoms with Crippen LogP contribution >= 0.6 is 0 Å². The van der Waals surface area contributed by atoms with Crippen molar-refractivity contribution >= 4 is 17.3 Å². The monoisotopic (exact) mass is 399 g/mol. The van der Waals surface area contributed by atoms with Gasteiger partial charge in [-0.2, -0.15) is 0 Å². The zero-order valence-corrected chi connectivity index (χ0v) is 18.5. The van der Waals surface area contributed by atoms with Crippen molar-refractivity contribution in [2.45, 2.75) is 79.6 Å². The number of hydrogen-bond donors (Lipinski definition) is 1. The van der Waals surface area contributed by atoms with Gasteiger partial charge < -0.3 is 9.94 Å². The lowest BCUT2D eigenvalue weighted by molar-refractivity contribution is -0.116. The number of carbonyl (C=O) groups excluding carboxylic acids is 2. The van der Waals surface area contributed by atoms with Crippen LogP contribution in [0.25, 0.3) is 0 Å². The van der Waals surface area contributed by atoms with Gasteiger partial charge in [-0.1, -0.05) is 25.1 Å². The summed E-state index contributed by atoms with van der Waals surface area (Å²) in [6.45, 7) is 12.1. The van der Waals surface area contributed by atoms with Crippen LogP contribution in [0.1, 0.15) is 91.4 Å². The van der Waals surface area contributed by atoms with Gasteiger partial charge in [-0.25, -0.2) is 0 Å². The van der Waals surface area contributed by atoms with E-state index in [1.165, 1.54) is 0 Å². The summed E-state index contributed by atoms with van der Waals surface area (Å²) in [5, 5.41) is 14.7. The summed E-state index contributed by atoms with van der Waals surface area (Å²) in [7, 11) is 0. The first-order valence-corrected chi connectivity index (χ1v) is 10.5. The highest BCUT2D eigenvalue weighted by molar-refractivity contribution is 6.23. The third-order valence-corrected chi connectivity index (χ3v) is 5.56. The number of nitrogens with zero attached hydrogens (tertiary/aromatic N) is 1. The molecular weight excluding hydrogens is 366 g/mol. The Labute approximate surface area is 173 Å². The van der Waals surface area contributed by atoms with Crippen molar-refractivity contribution < 1.29 is 19.5 Å². The number of rotatable bonds is 8. The maximum atomic E-state index is 12.9. The van der Waals surface area contributed by atoms with Crippen LogP contribution in [0.5, 0.6) is 0 Å². The van der Waals surface area contributed by atoms with Crippen LogP contribution in [-0.2, 0) is 9.63 Å². The Morgan fingerprint density at radius 2 is 1.86 bits per heavy atom. The van der Waals surface area contributed by atoms with Crippen molar-refractivity contribution in [3.05, 3.63) is 45.2 Å². The van der Waals surface area contributed by atoms with Gasteiger partial charge >= 0.3 is 0 Å². The van der Waals surface area contributed by atoms with Crippen molar-refractivity contribution in [2.24, 2.45) is 5.16 Å². The molecule has 1 unspecified atom stereocenters. The van der Waals surface area contributed by atoms with Gasteiger partial charge in [0.15, 0.2) is 11.6 Å². The Morgan fingerprint density at radius 1 is 1.17 bits per heavy atom. The average molecular weight is 400 g/mol. The molecule has 2 rings (SSSR count). The van der Waals surface area contributed by atoms with Gasteiger partial charge in [-0.05, 0) is 68.7 Å². The van der Waals surface area contributed by atoms with E-state index in [1.807, 2.05) is 47.6 Å². The lowest BCUT2D eigenvalue weighted by Gasteiger charge is -2.28. The molecule has 1 aromatic carbocycles. The molecule has 1 aromatic rings. The van der Waals surface area contributed by atoms with Crippen LogP contribution in [0.3, 0.4) is 0 Å². The first kappa shape index (κ1) is 22.9. The molecule has 0 bridgehead atoms. The second kappa shape index (κ2) is 9.86. The van der Waals surface area contributed by atoms with E-state index in [9.17, 15) is 14.7 Å². The summed E-state index contributed by atoms with van der Waals surface area (Å²) < 4.78 is 0. The molecule has 0 aromatic heterocycles. The Kier molecular flexibility index (Phi) is 7.77. The fraction of sp³-hybridized carbons (Fsp3) is 0.542. The molecule has 0 saturated heterocycles. The minimum Gasteiger partial charge on any atom is -0.511 e. The molecular formula is C24H33NO4. The van der Waals surface area contributed by atoms with Crippen molar-refractivity contribution in [3.8, 4) is 0 Å². The fourth-order valence-corrected chi connectivity index (χ4v) is 4.47. The second-order valence-electron chi connectivity index (χ2n) is 7.76. The molecule has 0 radical (unpaired) electrons. The summed E-state index contributed by atoms with van der Waals surface area (Å²) in [4.78, 5) is 30.7. The Bertz CT molecular complexity index is 864. The van der Waals surface area contributed by atoms with E-state index in [2.05, 4.69) is 5.16 Å². The molecule has 29 heavy (non-hydrogen) atoms. The SMILES string of the molecule is CCCC(=O)c1c(C)cc(C)c(C2CC(=O)C(/C(CC)=N/OCC)=C(O)C2)c1C. The zero-order valence-electron chi connectivity index (χ0n) is 18.5. The summed E-state index contributed by atoms with van der Waals surface area (Å²) in [6.07, 6.45) is 2.47. The van der Waals surface area contributed by atoms with E-state index < -0.39 is 0 Å². The Morgan fingerprint density at radius 3 is 2.41 bits per heavy atom. The maximum Gasteiger partial charge on any atom is 0.168 e. The van der Waals surface area contributed by atoms with Crippen molar-refractivity contribution in [2.75, 3.05) is 6.61 Å². The second-order valence-corrected chi connectivity index (χ2v) is 7.76. The molecule has 5 nitrogen and oxygen atoms in total. The van der Waals surface area contributed by atoms with Crippen LogP contribution in [0.15, 0.2) is 22.6 Å². The molecule has 1 aliphatic rings. The lowest BCUT2D eigenvalue weighted by atomic mass is 9.76. The van der Waals surface area contributed by atoms with E-state index in [0.717, 1.165) is 34.2 Å². The first-order valence-electron chi connectivity index (χ1n) is 10.5. The van der Waals surface area contributed by atoms with Crippen LogP contribution in [-0.4, -0.2) is 29.0 Å². The summed E-state index contributed by atoms with van der Waals surface area (Å²) in [5.74, 6) is -0.0686. The standard InChI is InChI=1S/C24H33NO4/c1-7-10-19(26)23-15(5)11-14(4)22(16(23)6)17-12-20(27)24(21(28)13-17)18(8-2)25-29-9-3/h11,17,27H,7-10,12-13H2,1-6H3/b25-18+. The third-order valence-electron chi connectivity index (χ3n) is 5.56. The van der Waals surface area contributed by atoms with E-state index in [1.54, 1.807) is 0 Å². The molecule has 0 spiro atoms. The van der Waals surface area contributed by atoms with Gasteiger partial charge in [-0.3, -0.25) is 9.59 Å². The maximum absolute atomic E-state index is 12.9. The number of Topliss-reactive ketones (excluding diaryl/α,β-unsaturated/α-hetero) is 2. The molecule has 5 heteroatoms. The Balaban J connectivity index is 2.49. The van der Waals surface area contributed by atoms with E-state index in [0.29, 0.717) is 37.2 Å². The van der Waals surface area contributed by atoms with Crippen LogP contribution < -0.4 is 0 Å². The molecule has 1 N–H and O–H groups in total. The molecule has 1 atom stereocenters. The number of aliphatic hydroxyl groups is 1. The molecule has 0 saturated carbocycles. The van der Waals surface area contributed by atoms with Crippen molar-refractivity contribution in [1.29, 1.82) is 0 Å². The van der Waals surface area contributed by atoms with Crippen molar-refractivity contribution in [1.82, 2.24) is 0 Å². The summed E-state index contributed by atoms with van der Waals surface area (Å²) >= 11 is 0. The average Bonchev–Trinajstić information content (AvgIpc) is 2.63. The number of benzene rings is 1. The number of ketones is 2. The molecule has 0 fully saturated rings. The normalized spacial score (nSPS) is 17.7. The van der Waals surface area contributed by atoms with Gasteiger partial charge in [0.2, 0.25) is 0 Å². The fourth-order valence-electron chi connectivity index (χ4n) is 4.47. The molecule has 1 aliphatic carbocycles. The van der Waals surface area contributed by atoms with Gasteiger partial charge in [-0.15, -0.1) is 0 Å². The number of aryl methyl sites for hydroxylation is 2. The van der Waals surface area contributed by atoms with Gasteiger partial charge in [0, 0.05) is 24.8 Å². The van der Waals surface area contributed by atoms with Crippen LogP contribution in [0.4, 0.5) is 0 Å². The quantitative estimate of drug-likeness (QED) is 0.348. The summed E-state index contributed by atoms with van der Waals surface area (Å²) in [5.41, 5.74) is 5.53. The minimum atomic E-state index is -0.148. The smallest absolute Gasteiger partial charge is 0.168 e. The third kappa shape index (κ3) is 4.77. The number of carbonyl (C=O) groups is 2. The van der Waals surface area contributed by atoms with E-state index in [-0.39, 0.29) is 29.7 Å². The van der Waals surface area contributed by atoms with Crippen LogP contribution in [0.2, 0.25) is 0 Å². The first-order chi connectivity index (χ1) is 13.8. The lowest BCUT2D eigenvalue weighted by Crippen LogP contribution is -2.25. The molecule has 158 valence electrons. The number of oxime groups is 1. The topological polar surface area (TPSA) is 76.0 Å². The largest absolute Gasteiger partial charge is 0.511 e. The van der Waals surface area contributed by atoms with E-state index in [4.69, 9.17) is 4.84 Å². The molecule has 0 amide bonds. The van der Waals surface area contributed by atoms with Crippen LogP contribution in [0, 0.1) is 20.8 Å². The molecule has 0 aliphatic heterocycles. The minimum absolute atomic E-state index is 0.0624.